The molecule has 20 heavy (non-hydrogen) atoms. The second-order valence-electron chi connectivity index (χ2n) is 6.14. The molecule has 0 saturated carbocycles. The summed E-state index contributed by atoms with van der Waals surface area (Å²) in [6.45, 7) is 5.30. The lowest BCUT2D eigenvalue weighted by Crippen LogP contribution is -2.46. The molecular formula is C17H25NO2. The highest BCUT2D eigenvalue weighted by Crippen LogP contribution is 2.33. The van der Waals surface area contributed by atoms with Crippen molar-refractivity contribution in [2.24, 2.45) is 5.92 Å². The van der Waals surface area contributed by atoms with Crippen LogP contribution in [0.1, 0.15) is 51.1 Å². The molecule has 1 aromatic carbocycles. The van der Waals surface area contributed by atoms with Gasteiger partial charge in [-0.3, -0.25) is 9.69 Å². The molecule has 0 bridgehead atoms. The van der Waals surface area contributed by atoms with Gasteiger partial charge in [0.2, 0.25) is 0 Å². The third-order valence-corrected chi connectivity index (χ3v) is 4.11. The summed E-state index contributed by atoms with van der Waals surface area (Å²) in [6.07, 6.45) is 3.91. The first kappa shape index (κ1) is 15.0. The van der Waals surface area contributed by atoms with Crippen LogP contribution in [0, 0.1) is 5.92 Å². The van der Waals surface area contributed by atoms with Crippen molar-refractivity contribution in [3.63, 3.8) is 0 Å². The van der Waals surface area contributed by atoms with E-state index in [0.717, 1.165) is 32.2 Å². The summed E-state index contributed by atoms with van der Waals surface area (Å²) < 4.78 is 0. The summed E-state index contributed by atoms with van der Waals surface area (Å²) in [7, 11) is 0. The van der Waals surface area contributed by atoms with Crippen LogP contribution >= 0.6 is 0 Å². The summed E-state index contributed by atoms with van der Waals surface area (Å²) in [5, 5.41) is 9.50. The van der Waals surface area contributed by atoms with Gasteiger partial charge in [0.1, 0.15) is 6.04 Å². The molecule has 0 aromatic heterocycles. The molecule has 1 N–H and O–H groups in total. The Morgan fingerprint density at radius 1 is 1.30 bits per heavy atom. The normalized spacial score (nSPS) is 21.9. The van der Waals surface area contributed by atoms with Gasteiger partial charge in [0, 0.05) is 6.04 Å². The number of nitrogens with zero attached hydrogens (tertiary/aromatic N) is 1. The van der Waals surface area contributed by atoms with Crippen molar-refractivity contribution in [3.8, 4) is 0 Å². The summed E-state index contributed by atoms with van der Waals surface area (Å²) in [6, 6.07) is 10.2. The average molecular weight is 275 g/mol. The van der Waals surface area contributed by atoms with Crippen molar-refractivity contribution in [1.29, 1.82) is 0 Å². The minimum atomic E-state index is -0.672. The first-order valence-corrected chi connectivity index (χ1v) is 7.63. The van der Waals surface area contributed by atoms with E-state index in [1.165, 1.54) is 5.56 Å². The Labute approximate surface area is 121 Å². The smallest absolute Gasteiger partial charge is 0.320 e. The molecule has 2 atom stereocenters. The first-order valence-electron chi connectivity index (χ1n) is 7.63. The van der Waals surface area contributed by atoms with Crippen LogP contribution in [-0.4, -0.2) is 28.6 Å². The molecule has 0 radical (unpaired) electrons. The fourth-order valence-corrected chi connectivity index (χ4v) is 3.18. The molecule has 3 heteroatoms. The first-order chi connectivity index (χ1) is 9.59. The largest absolute Gasteiger partial charge is 0.480 e. The highest BCUT2D eigenvalue weighted by atomic mass is 16.4. The Hall–Kier alpha value is -1.35. The topological polar surface area (TPSA) is 40.5 Å². The predicted octanol–water partition coefficient (Wildman–Crippen LogP) is 3.71. The van der Waals surface area contributed by atoms with E-state index in [1.54, 1.807) is 0 Å². The number of hydrogen-bond donors (Lipinski definition) is 1. The van der Waals surface area contributed by atoms with Crippen molar-refractivity contribution in [1.82, 2.24) is 4.90 Å². The highest BCUT2D eigenvalue weighted by Gasteiger charge is 2.34. The molecule has 1 aliphatic rings. The van der Waals surface area contributed by atoms with Gasteiger partial charge >= 0.3 is 5.97 Å². The summed E-state index contributed by atoms with van der Waals surface area (Å²) in [5.74, 6) is -0.119. The number of rotatable bonds is 5. The van der Waals surface area contributed by atoms with E-state index in [-0.39, 0.29) is 12.1 Å². The van der Waals surface area contributed by atoms with E-state index in [9.17, 15) is 9.90 Å². The number of hydrogen-bond acceptors (Lipinski definition) is 2. The highest BCUT2D eigenvalue weighted by molar-refractivity contribution is 5.73. The Morgan fingerprint density at radius 2 is 2.00 bits per heavy atom. The van der Waals surface area contributed by atoms with E-state index in [0.29, 0.717) is 5.92 Å². The van der Waals surface area contributed by atoms with Crippen LogP contribution in [0.3, 0.4) is 0 Å². The lowest BCUT2D eigenvalue weighted by atomic mass is 9.91. The number of likely N-dealkylation sites (tertiary alicyclic amines) is 1. The number of carboxylic acid groups (broad SMARTS) is 1. The van der Waals surface area contributed by atoms with Crippen molar-refractivity contribution in [2.45, 2.75) is 51.6 Å². The van der Waals surface area contributed by atoms with Crippen LogP contribution in [0.15, 0.2) is 30.3 Å². The molecule has 0 amide bonds. The summed E-state index contributed by atoms with van der Waals surface area (Å²) >= 11 is 0. The van der Waals surface area contributed by atoms with Crippen LogP contribution in [0.25, 0.3) is 0 Å². The molecule has 110 valence electrons. The van der Waals surface area contributed by atoms with Crippen molar-refractivity contribution < 1.29 is 9.90 Å². The molecular weight excluding hydrogens is 250 g/mol. The quantitative estimate of drug-likeness (QED) is 0.890. The van der Waals surface area contributed by atoms with E-state index >= 15 is 0 Å². The zero-order valence-corrected chi connectivity index (χ0v) is 12.5. The molecule has 1 saturated heterocycles. The van der Waals surface area contributed by atoms with Gasteiger partial charge in [-0.2, -0.15) is 0 Å². The Bertz CT molecular complexity index is 430. The number of benzene rings is 1. The van der Waals surface area contributed by atoms with Crippen LogP contribution in [0.4, 0.5) is 0 Å². The summed E-state index contributed by atoms with van der Waals surface area (Å²) in [5.41, 5.74) is 1.24. The average Bonchev–Trinajstić information content (AvgIpc) is 2.45. The van der Waals surface area contributed by atoms with Gasteiger partial charge in [-0.1, -0.05) is 50.6 Å². The number of piperidine rings is 1. The summed E-state index contributed by atoms with van der Waals surface area (Å²) in [4.78, 5) is 13.8. The fraction of sp³-hybridized carbons (Fsp3) is 0.588. The molecule has 1 fully saturated rings. The second-order valence-corrected chi connectivity index (χ2v) is 6.14. The maximum atomic E-state index is 11.5. The van der Waals surface area contributed by atoms with Gasteiger partial charge in [-0.25, -0.2) is 0 Å². The SMILES string of the molecule is CC(C)CC(c1ccccc1)N1CCCCC1C(=O)O. The number of carboxylic acids is 1. The minimum Gasteiger partial charge on any atom is -0.480 e. The standard InChI is InChI=1S/C17H25NO2/c1-13(2)12-16(14-8-4-3-5-9-14)18-11-7-6-10-15(18)17(19)20/h3-5,8-9,13,15-16H,6-7,10-12H2,1-2H3,(H,19,20). The van der Waals surface area contributed by atoms with Crippen LogP contribution in [-0.2, 0) is 4.79 Å². The van der Waals surface area contributed by atoms with E-state index < -0.39 is 5.97 Å². The van der Waals surface area contributed by atoms with Crippen molar-refractivity contribution in [3.05, 3.63) is 35.9 Å². The van der Waals surface area contributed by atoms with Crippen molar-refractivity contribution in [2.75, 3.05) is 6.54 Å². The third kappa shape index (κ3) is 3.60. The zero-order valence-electron chi connectivity index (χ0n) is 12.5. The van der Waals surface area contributed by atoms with Gasteiger partial charge < -0.3 is 5.11 Å². The van der Waals surface area contributed by atoms with Crippen LogP contribution in [0.5, 0.6) is 0 Å². The predicted molar refractivity (Wildman–Crippen MR) is 80.6 cm³/mol. The molecule has 1 aliphatic heterocycles. The molecule has 2 unspecified atom stereocenters. The second kappa shape index (κ2) is 6.89. The lowest BCUT2D eigenvalue weighted by Gasteiger charge is -2.40. The Kier molecular flexibility index (Phi) is 5.18. The van der Waals surface area contributed by atoms with Gasteiger partial charge in [-0.15, -0.1) is 0 Å². The minimum absolute atomic E-state index is 0.220. The number of aliphatic carboxylic acids is 1. The molecule has 0 spiro atoms. The van der Waals surface area contributed by atoms with Gasteiger partial charge in [0.25, 0.3) is 0 Å². The zero-order chi connectivity index (χ0) is 14.5. The van der Waals surface area contributed by atoms with E-state index in [4.69, 9.17) is 0 Å². The van der Waals surface area contributed by atoms with Crippen LogP contribution in [0.2, 0.25) is 0 Å². The van der Waals surface area contributed by atoms with Gasteiger partial charge in [0.05, 0.1) is 0 Å². The monoisotopic (exact) mass is 275 g/mol. The molecule has 3 nitrogen and oxygen atoms in total. The number of carbonyl (C=O) groups is 1. The molecule has 0 aliphatic carbocycles. The Balaban J connectivity index is 2.27. The third-order valence-electron chi connectivity index (χ3n) is 4.11. The maximum Gasteiger partial charge on any atom is 0.320 e. The van der Waals surface area contributed by atoms with Gasteiger partial charge in [-0.05, 0) is 37.3 Å². The van der Waals surface area contributed by atoms with Crippen LogP contribution < -0.4 is 0 Å². The van der Waals surface area contributed by atoms with E-state index in [2.05, 4.69) is 30.9 Å². The maximum absolute atomic E-state index is 11.5. The Morgan fingerprint density at radius 3 is 2.60 bits per heavy atom. The molecule has 2 rings (SSSR count). The molecule has 1 heterocycles. The van der Waals surface area contributed by atoms with E-state index in [1.807, 2.05) is 18.2 Å². The fourth-order valence-electron chi connectivity index (χ4n) is 3.18. The lowest BCUT2D eigenvalue weighted by molar-refractivity contribution is -0.146. The van der Waals surface area contributed by atoms with Gasteiger partial charge in [0.15, 0.2) is 0 Å². The molecule has 1 aromatic rings. The van der Waals surface area contributed by atoms with Crippen molar-refractivity contribution >= 4 is 5.97 Å².